The smallest absolute Gasteiger partial charge is 0.123 e. The number of carbonyl (C=O) groups excluding carboxylic acids is 1. The molecule has 0 aromatic carbocycles. The highest BCUT2D eigenvalue weighted by molar-refractivity contribution is 5.53. The number of hydrogen-bond donors (Lipinski definition) is 0. The number of carbonyl (C=O) groups is 1. The van der Waals surface area contributed by atoms with E-state index in [0.29, 0.717) is 5.92 Å². The maximum Gasteiger partial charge on any atom is 0.123 e. The number of aldehydes is 1. The average molecular weight is 222 g/mol. The van der Waals surface area contributed by atoms with Crippen molar-refractivity contribution in [1.29, 1.82) is 0 Å². The molecule has 0 saturated heterocycles. The highest BCUT2D eigenvalue weighted by atomic mass is 16.1. The first-order chi connectivity index (χ1) is 7.78. The van der Waals surface area contributed by atoms with Crippen LogP contribution in [0, 0.1) is 23.7 Å². The van der Waals surface area contributed by atoms with Gasteiger partial charge in [-0.25, -0.2) is 0 Å². The van der Waals surface area contributed by atoms with Gasteiger partial charge in [0.25, 0.3) is 0 Å². The Morgan fingerprint density at radius 1 is 1.00 bits per heavy atom. The van der Waals surface area contributed by atoms with Crippen LogP contribution in [0.1, 0.15) is 64.7 Å². The summed E-state index contributed by atoms with van der Waals surface area (Å²) in [4.78, 5) is 10.8. The molecule has 0 N–H and O–H groups in total. The normalized spacial score (nSPS) is 40.6. The summed E-state index contributed by atoms with van der Waals surface area (Å²) < 4.78 is 0. The van der Waals surface area contributed by atoms with E-state index in [-0.39, 0.29) is 0 Å². The molecule has 0 amide bonds. The summed E-state index contributed by atoms with van der Waals surface area (Å²) in [5.74, 6) is 3.19. The van der Waals surface area contributed by atoms with Crippen LogP contribution in [-0.4, -0.2) is 6.29 Å². The fraction of sp³-hybridized carbons (Fsp3) is 0.933. The predicted octanol–water partition coefficient (Wildman–Crippen LogP) is 4.21. The monoisotopic (exact) mass is 222 g/mol. The zero-order valence-corrected chi connectivity index (χ0v) is 10.7. The van der Waals surface area contributed by atoms with Gasteiger partial charge >= 0.3 is 0 Å². The molecule has 0 aliphatic heterocycles. The maximum atomic E-state index is 10.8. The average Bonchev–Trinajstić information content (AvgIpc) is 2.32. The maximum absolute atomic E-state index is 10.8. The first-order valence-electron chi connectivity index (χ1n) is 7.23. The molecular weight excluding hydrogens is 196 g/mol. The van der Waals surface area contributed by atoms with Gasteiger partial charge < -0.3 is 4.79 Å². The molecule has 2 saturated carbocycles. The van der Waals surface area contributed by atoms with Crippen LogP contribution < -0.4 is 0 Å². The molecule has 0 aromatic heterocycles. The quantitative estimate of drug-likeness (QED) is 0.654. The highest BCUT2D eigenvalue weighted by Crippen LogP contribution is 2.37. The Bertz CT molecular complexity index is 215. The molecule has 92 valence electrons. The van der Waals surface area contributed by atoms with Gasteiger partial charge in [0, 0.05) is 5.92 Å². The van der Waals surface area contributed by atoms with Crippen molar-refractivity contribution in [1.82, 2.24) is 0 Å². The summed E-state index contributed by atoms with van der Waals surface area (Å²) in [6, 6.07) is 0. The third-order valence-corrected chi connectivity index (χ3v) is 4.82. The summed E-state index contributed by atoms with van der Waals surface area (Å²) in [5, 5.41) is 0. The van der Waals surface area contributed by atoms with E-state index >= 15 is 0 Å². The third kappa shape index (κ3) is 3.33. The van der Waals surface area contributed by atoms with Gasteiger partial charge in [0.1, 0.15) is 6.29 Å². The molecule has 0 aromatic rings. The molecule has 1 nitrogen and oxygen atoms in total. The van der Waals surface area contributed by atoms with Crippen molar-refractivity contribution in [3.8, 4) is 0 Å². The van der Waals surface area contributed by atoms with Gasteiger partial charge in [-0.3, -0.25) is 0 Å². The first kappa shape index (κ1) is 12.1. The first-order valence-corrected chi connectivity index (χ1v) is 7.23. The lowest BCUT2D eigenvalue weighted by molar-refractivity contribution is -0.112. The zero-order valence-electron chi connectivity index (χ0n) is 10.7. The summed E-state index contributed by atoms with van der Waals surface area (Å²) in [6.07, 6.45) is 13.4. The van der Waals surface area contributed by atoms with E-state index in [2.05, 4.69) is 6.92 Å². The van der Waals surface area contributed by atoms with E-state index in [1.807, 2.05) is 0 Å². The van der Waals surface area contributed by atoms with Crippen molar-refractivity contribution in [3.63, 3.8) is 0 Å². The molecule has 2 fully saturated rings. The van der Waals surface area contributed by atoms with Gasteiger partial charge in [-0.2, -0.15) is 0 Å². The Balaban J connectivity index is 1.74. The Morgan fingerprint density at radius 3 is 2.44 bits per heavy atom. The molecule has 16 heavy (non-hydrogen) atoms. The van der Waals surface area contributed by atoms with E-state index in [9.17, 15) is 4.79 Å². The second-order valence-electron chi connectivity index (χ2n) is 6.29. The van der Waals surface area contributed by atoms with Crippen LogP contribution in [0.4, 0.5) is 0 Å². The summed E-state index contributed by atoms with van der Waals surface area (Å²) in [5.41, 5.74) is 0. The molecule has 2 atom stereocenters. The summed E-state index contributed by atoms with van der Waals surface area (Å²) >= 11 is 0. The number of hydrogen-bond acceptors (Lipinski definition) is 1. The van der Waals surface area contributed by atoms with Crippen molar-refractivity contribution in [2.45, 2.75) is 64.7 Å². The summed E-state index contributed by atoms with van der Waals surface area (Å²) in [6.45, 7) is 2.39. The molecule has 2 rings (SSSR count). The summed E-state index contributed by atoms with van der Waals surface area (Å²) in [7, 11) is 0. The van der Waals surface area contributed by atoms with Gasteiger partial charge in [0.05, 0.1) is 0 Å². The van der Waals surface area contributed by atoms with E-state index in [1.54, 1.807) is 0 Å². The van der Waals surface area contributed by atoms with E-state index < -0.39 is 0 Å². The van der Waals surface area contributed by atoms with E-state index in [4.69, 9.17) is 0 Å². The topological polar surface area (TPSA) is 17.1 Å². The fourth-order valence-corrected chi connectivity index (χ4v) is 3.71. The lowest BCUT2D eigenvalue weighted by Gasteiger charge is -2.32. The molecule has 0 spiro atoms. The molecule has 2 aliphatic carbocycles. The van der Waals surface area contributed by atoms with Crippen molar-refractivity contribution in [2.75, 3.05) is 0 Å². The molecule has 2 unspecified atom stereocenters. The van der Waals surface area contributed by atoms with Crippen LogP contribution in [0.3, 0.4) is 0 Å². The minimum absolute atomic E-state index is 0.390. The SMILES string of the molecule is CC1CCC(CC2CCCC(C=O)C2)CC1. The van der Waals surface area contributed by atoms with Gasteiger partial charge in [0.2, 0.25) is 0 Å². The third-order valence-electron chi connectivity index (χ3n) is 4.82. The fourth-order valence-electron chi connectivity index (χ4n) is 3.71. The molecule has 0 heterocycles. The molecule has 0 radical (unpaired) electrons. The minimum Gasteiger partial charge on any atom is -0.303 e. The molecular formula is C15H26O. The van der Waals surface area contributed by atoms with Crippen LogP contribution in [0.2, 0.25) is 0 Å². The molecule has 1 heteroatoms. The van der Waals surface area contributed by atoms with Crippen molar-refractivity contribution < 1.29 is 4.79 Å². The van der Waals surface area contributed by atoms with Crippen molar-refractivity contribution in [3.05, 3.63) is 0 Å². The van der Waals surface area contributed by atoms with Gasteiger partial charge in [-0.05, 0) is 37.0 Å². The van der Waals surface area contributed by atoms with Crippen molar-refractivity contribution in [2.24, 2.45) is 23.7 Å². The van der Waals surface area contributed by atoms with Crippen LogP contribution >= 0.6 is 0 Å². The minimum atomic E-state index is 0.390. The predicted molar refractivity (Wildman–Crippen MR) is 67.3 cm³/mol. The molecule has 0 bridgehead atoms. The second kappa shape index (κ2) is 5.84. The Kier molecular flexibility index (Phi) is 4.43. The Morgan fingerprint density at radius 2 is 1.75 bits per heavy atom. The zero-order chi connectivity index (χ0) is 11.4. The van der Waals surface area contributed by atoms with Gasteiger partial charge in [-0.1, -0.05) is 45.4 Å². The Hall–Kier alpha value is -0.330. The van der Waals surface area contributed by atoms with Crippen molar-refractivity contribution >= 4 is 6.29 Å². The van der Waals surface area contributed by atoms with Crippen LogP contribution in [0.5, 0.6) is 0 Å². The lowest BCUT2D eigenvalue weighted by Crippen LogP contribution is -2.21. The largest absolute Gasteiger partial charge is 0.303 e. The van der Waals surface area contributed by atoms with Gasteiger partial charge in [-0.15, -0.1) is 0 Å². The second-order valence-corrected chi connectivity index (χ2v) is 6.29. The number of rotatable bonds is 3. The molecule has 2 aliphatic rings. The standard InChI is InChI=1S/C15H26O/c1-12-5-7-13(8-6-12)9-14-3-2-4-15(10-14)11-16/h11-15H,2-10H2,1H3. The highest BCUT2D eigenvalue weighted by Gasteiger charge is 2.26. The van der Waals surface area contributed by atoms with Crippen LogP contribution in [0.25, 0.3) is 0 Å². The van der Waals surface area contributed by atoms with Crippen LogP contribution in [0.15, 0.2) is 0 Å². The van der Waals surface area contributed by atoms with E-state index in [1.165, 1.54) is 57.7 Å². The van der Waals surface area contributed by atoms with E-state index in [0.717, 1.165) is 24.2 Å². The van der Waals surface area contributed by atoms with Gasteiger partial charge in [0.15, 0.2) is 0 Å². The lowest BCUT2D eigenvalue weighted by atomic mass is 9.73. The van der Waals surface area contributed by atoms with Crippen LogP contribution in [-0.2, 0) is 4.79 Å². The Labute approximate surface area is 100.0 Å².